The molecule has 3 nitrogen and oxygen atoms in total. The number of aryl methyl sites for hydroxylation is 2. The van der Waals surface area contributed by atoms with Crippen LogP contribution in [0.2, 0.25) is 0 Å². The van der Waals surface area contributed by atoms with Crippen LogP contribution in [-0.2, 0) is 6.61 Å². The summed E-state index contributed by atoms with van der Waals surface area (Å²) in [6, 6.07) is 6.41. The van der Waals surface area contributed by atoms with Gasteiger partial charge in [-0.15, -0.1) is 0 Å². The minimum absolute atomic E-state index is 0.0801. The molecule has 0 aliphatic heterocycles. The van der Waals surface area contributed by atoms with Crippen LogP contribution >= 0.6 is 0 Å². The van der Waals surface area contributed by atoms with Crippen LogP contribution in [0.5, 0.6) is 0 Å². The third-order valence-electron chi connectivity index (χ3n) is 3.61. The summed E-state index contributed by atoms with van der Waals surface area (Å²) < 4.78 is 2.02. The molecule has 2 aromatic rings. The van der Waals surface area contributed by atoms with Crippen molar-refractivity contribution in [3.63, 3.8) is 0 Å². The number of hydrogen-bond acceptors (Lipinski definition) is 2. The fraction of sp³-hybridized carbons (Fsp3) is 0.400. The van der Waals surface area contributed by atoms with Gasteiger partial charge in [0.05, 0.1) is 24.2 Å². The molecule has 0 amide bonds. The second-order valence-electron chi connectivity index (χ2n) is 5.19. The van der Waals surface area contributed by atoms with E-state index >= 15 is 0 Å². The van der Waals surface area contributed by atoms with Crippen LogP contribution in [0.25, 0.3) is 5.69 Å². The number of aliphatic hydroxyl groups excluding tert-OH is 1. The van der Waals surface area contributed by atoms with E-state index in [0.717, 1.165) is 11.3 Å². The van der Waals surface area contributed by atoms with Crippen molar-refractivity contribution in [1.82, 2.24) is 9.78 Å². The summed E-state index contributed by atoms with van der Waals surface area (Å²) >= 11 is 0. The van der Waals surface area contributed by atoms with E-state index in [1.165, 1.54) is 29.7 Å². The van der Waals surface area contributed by atoms with E-state index in [4.69, 9.17) is 0 Å². The van der Waals surface area contributed by atoms with Gasteiger partial charge in [0.1, 0.15) is 0 Å². The molecule has 18 heavy (non-hydrogen) atoms. The fourth-order valence-electron chi connectivity index (χ4n) is 2.45. The second-order valence-corrected chi connectivity index (χ2v) is 5.19. The third kappa shape index (κ3) is 1.85. The molecule has 0 bridgehead atoms. The number of aromatic nitrogens is 2. The van der Waals surface area contributed by atoms with Crippen molar-refractivity contribution < 1.29 is 5.11 Å². The van der Waals surface area contributed by atoms with Crippen molar-refractivity contribution in [2.24, 2.45) is 0 Å². The molecule has 1 aliphatic rings. The second kappa shape index (κ2) is 4.25. The summed E-state index contributed by atoms with van der Waals surface area (Å²) in [5.74, 6) is 0.578. The SMILES string of the molecule is Cc1ccc(C)c(-n2ncc(CO)c2C2CC2)c1. The Morgan fingerprint density at radius 2 is 2.11 bits per heavy atom. The standard InChI is InChI=1S/C15H18N2O/c1-10-3-4-11(2)14(7-10)17-15(12-5-6-12)13(9-18)8-16-17/h3-4,7-8,12,18H,5-6,9H2,1-2H3. The molecule has 1 aliphatic carbocycles. The summed E-state index contributed by atoms with van der Waals surface area (Å²) in [7, 11) is 0. The summed E-state index contributed by atoms with van der Waals surface area (Å²) in [5.41, 5.74) is 5.76. The van der Waals surface area contributed by atoms with Crippen LogP contribution in [0.3, 0.4) is 0 Å². The van der Waals surface area contributed by atoms with Crippen molar-refractivity contribution in [2.45, 2.75) is 39.2 Å². The maximum absolute atomic E-state index is 9.43. The molecule has 1 saturated carbocycles. The molecule has 1 aromatic heterocycles. The molecule has 1 heterocycles. The van der Waals surface area contributed by atoms with Gasteiger partial charge < -0.3 is 5.11 Å². The molecule has 0 spiro atoms. The van der Waals surface area contributed by atoms with Gasteiger partial charge in [0.15, 0.2) is 0 Å². The van der Waals surface area contributed by atoms with E-state index < -0.39 is 0 Å². The monoisotopic (exact) mass is 242 g/mol. The molecule has 0 atom stereocenters. The van der Waals surface area contributed by atoms with Crippen LogP contribution in [0.4, 0.5) is 0 Å². The Labute approximate surface area is 107 Å². The smallest absolute Gasteiger partial charge is 0.0715 e. The molecule has 0 unspecified atom stereocenters. The summed E-state index contributed by atoms with van der Waals surface area (Å²) in [4.78, 5) is 0. The van der Waals surface area contributed by atoms with Crippen molar-refractivity contribution in [1.29, 1.82) is 0 Å². The summed E-state index contributed by atoms with van der Waals surface area (Å²) in [6.45, 7) is 4.28. The van der Waals surface area contributed by atoms with Gasteiger partial charge in [0.2, 0.25) is 0 Å². The first-order valence-corrected chi connectivity index (χ1v) is 6.46. The predicted octanol–water partition coefficient (Wildman–Crippen LogP) is 2.86. The van der Waals surface area contributed by atoms with E-state index in [1.54, 1.807) is 6.20 Å². The Morgan fingerprint density at radius 3 is 2.78 bits per heavy atom. The highest BCUT2D eigenvalue weighted by molar-refractivity contribution is 5.45. The number of hydrogen-bond donors (Lipinski definition) is 1. The van der Waals surface area contributed by atoms with Gasteiger partial charge >= 0.3 is 0 Å². The maximum Gasteiger partial charge on any atom is 0.0715 e. The molecule has 0 radical (unpaired) electrons. The lowest BCUT2D eigenvalue weighted by Crippen LogP contribution is -2.05. The number of rotatable bonds is 3. The first-order chi connectivity index (χ1) is 8.70. The molecule has 3 heteroatoms. The highest BCUT2D eigenvalue weighted by Crippen LogP contribution is 2.42. The zero-order valence-electron chi connectivity index (χ0n) is 10.8. The van der Waals surface area contributed by atoms with Gasteiger partial charge in [-0.3, -0.25) is 0 Å². The highest BCUT2D eigenvalue weighted by atomic mass is 16.3. The zero-order chi connectivity index (χ0) is 12.7. The molecular weight excluding hydrogens is 224 g/mol. The van der Waals surface area contributed by atoms with Gasteiger partial charge in [-0.05, 0) is 43.9 Å². The van der Waals surface area contributed by atoms with Gasteiger partial charge in [-0.2, -0.15) is 5.10 Å². The van der Waals surface area contributed by atoms with E-state index in [0.29, 0.717) is 5.92 Å². The quantitative estimate of drug-likeness (QED) is 0.898. The average Bonchev–Trinajstić information content (AvgIpc) is 3.12. The van der Waals surface area contributed by atoms with Gasteiger partial charge in [-0.25, -0.2) is 4.68 Å². The Bertz CT molecular complexity index is 582. The molecular formula is C15H18N2O. The van der Waals surface area contributed by atoms with E-state index in [1.807, 2.05) is 4.68 Å². The molecule has 94 valence electrons. The Hall–Kier alpha value is -1.61. The summed E-state index contributed by atoms with van der Waals surface area (Å²) in [5, 5.41) is 13.9. The number of nitrogens with zero attached hydrogens (tertiary/aromatic N) is 2. The Kier molecular flexibility index (Phi) is 2.71. The fourth-order valence-corrected chi connectivity index (χ4v) is 2.45. The molecule has 1 aromatic carbocycles. The van der Waals surface area contributed by atoms with Crippen molar-refractivity contribution >= 4 is 0 Å². The number of benzene rings is 1. The zero-order valence-corrected chi connectivity index (χ0v) is 10.8. The largest absolute Gasteiger partial charge is 0.392 e. The summed E-state index contributed by atoms with van der Waals surface area (Å²) in [6.07, 6.45) is 4.22. The third-order valence-corrected chi connectivity index (χ3v) is 3.61. The Morgan fingerprint density at radius 1 is 1.33 bits per heavy atom. The van der Waals surface area contributed by atoms with Crippen LogP contribution in [0, 0.1) is 13.8 Å². The minimum Gasteiger partial charge on any atom is -0.392 e. The van der Waals surface area contributed by atoms with Crippen LogP contribution in [0.1, 0.15) is 41.1 Å². The predicted molar refractivity (Wildman–Crippen MR) is 70.9 cm³/mol. The van der Waals surface area contributed by atoms with Crippen molar-refractivity contribution in [3.05, 3.63) is 46.8 Å². The lowest BCUT2D eigenvalue weighted by molar-refractivity contribution is 0.280. The highest BCUT2D eigenvalue weighted by Gasteiger charge is 2.30. The molecule has 3 rings (SSSR count). The average molecular weight is 242 g/mol. The molecule has 0 saturated heterocycles. The molecule has 1 N–H and O–H groups in total. The number of aliphatic hydroxyl groups is 1. The van der Waals surface area contributed by atoms with Crippen molar-refractivity contribution in [3.8, 4) is 5.69 Å². The first-order valence-electron chi connectivity index (χ1n) is 6.46. The van der Waals surface area contributed by atoms with Gasteiger partial charge in [0, 0.05) is 11.5 Å². The van der Waals surface area contributed by atoms with Crippen LogP contribution in [0.15, 0.2) is 24.4 Å². The Balaban J connectivity index is 2.16. The van der Waals surface area contributed by atoms with Crippen molar-refractivity contribution in [2.75, 3.05) is 0 Å². The van der Waals surface area contributed by atoms with Gasteiger partial charge in [0.25, 0.3) is 0 Å². The normalized spacial score (nSPS) is 15.1. The van der Waals surface area contributed by atoms with Crippen LogP contribution < -0.4 is 0 Å². The van der Waals surface area contributed by atoms with E-state index in [-0.39, 0.29) is 6.61 Å². The lowest BCUT2D eigenvalue weighted by atomic mass is 10.1. The van der Waals surface area contributed by atoms with E-state index in [2.05, 4.69) is 37.1 Å². The molecule has 1 fully saturated rings. The van der Waals surface area contributed by atoms with E-state index in [9.17, 15) is 5.11 Å². The lowest BCUT2D eigenvalue weighted by Gasteiger charge is -2.11. The maximum atomic E-state index is 9.43. The first kappa shape index (κ1) is 11.5. The minimum atomic E-state index is 0.0801. The van der Waals surface area contributed by atoms with Crippen LogP contribution in [-0.4, -0.2) is 14.9 Å². The topological polar surface area (TPSA) is 38.0 Å². The van der Waals surface area contributed by atoms with Gasteiger partial charge in [-0.1, -0.05) is 12.1 Å².